The Morgan fingerprint density at radius 3 is 1.56 bits per heavy atom. The maximum atomic E-state index is 12.7. The lowest BCUT2D eigenvalue weighted by atomic mass is 9.99. The van der Waals surface area contributed by atoms with Crippen molar-refractivity contribution in [3.8, 4) is 0 Å². The summed E-state index contributed by atoms with van der Waals surface area (Å²) in [6.07, 6.45) is 28.6. The minimum Gasteiger partial charge on any atom is -0.394 e. The lowest BCUT2D eigenvalue weighted by molar-refractivity contribution is -0.302. The number of rotatable bonds is 34. The van der Waals surface area contributed by atoms with Gasteiger partial charge in [-0.1, -0.05) is 174 Å². The zero-order chi connectivity index (χ0) is 36.7. The second kappa shape index (κ2) is 32.6. The van der Waals surface area contributed by atoms with E-state index >= 15 is 0 Å². The third-order valence-electron chi connectivity index (χ3n) is 10.1. The summed E-state index contributed by atoms with van der Waals surface area (Å²) in [5.41, 5.74) is 0. The van der Waals surface area contributed by atoms with Gasteiger partial charge in [-0.15, -0.1) is 0 Å². The molecule has 0 aromatic rings. The number of nitrogens with one attached hydrogen (secondary N) is 1. The van der Waals surface area contributed by atoms with Gasteiger partial charge in [0.05, 0.1) is 25.4 Å². The molecule has 1 saturated heterocycles. The quantitative estimate of drug-likeness (QED) is 0.0293. The first-order chi connectivity index (χ1) is 24.3. The van der Waals surface area contributed by atoms with Crippen molar-refractivity contribution < 1.29 is 39.8 Å². The molecular weight excluding hydrogens is 634 g/mol. The standard InChI is InChI=1S/C41H79NO8/c1-3-5-7-9-11-12-13-14-15-16-17-18-19-20-21-22-23-24-25-26-28-30-35(44)34(42-37(45)31-29-27-10-8-6-4-2)33-49-41-40(48)39(47)38(46)36(32-43)50-41/h28,30,34-36,38-41,43-44,46-48H,3-27,29,31-33H2,1-2H3,(H,42,45)/b30-28+. The maximum Gasteiger partial charge on any atom is 0.220 e. The molecule has 0 saturated carbocycles. The largest absolute Gasteiger partial charge is 0.394 e. The van der Waals surface area contributed by atoms with E-state index in [1.54, 1.807) is 6.08 Å². The van der Waals surface area contributed by atoms with Crippen LogP contribution in [0.4, 0.5) is 0 Å². The summed E-state index contributed by atoms with van der Waals surface area (Å²) in [6, 6.07) is -0.795. The lowest BCUT2D eigenvalue weighted by Crippen LogP contribution is -2.60. The number of hydrogen-bond acceptors (Lipinski definition) is 8. The Labute approximate surface area is 306 Å². The zero-order valence-corrected chi connectivity index (χ0v) is 32.2. The van der Waals surface area contributed by atoms with Crippen LogP contribution in [0, 0.1) is 0 Å². The number of aliphatic hydroxyl groups is 5. The van der Waals surface area contributed by atoms with Gasteiger partial charge in [0.1, 0.15) is 24.4 Å². The van der Waals surface area contributed by atoms with Gasteiger partial charge in [-0.05, 0) is 19.3 Å². The van der Waals surface area contributed by atoms with Gasteiger partial charge in [-0.3, -0.25) is 4.79 Å². The summed E-state index contributed by atoms with van der Waals surface area (Å²) in [5.74, 6) is -0.186. The molecule has 0 bridgehead atoms. The van der Waals surface area contributed by atoms with Crippen molar-refractivity contribution in [2.24, 2.45) is 0 Å². The van der Waals surface area contributed by atoms with Gasteiger partial charge in [0.25, 0.3) is 0 Å². The summed E-state index contributed by atoms with van der Waals surface area (Å²) >= 11 is 0. The van der Waals surface area contributed by atoms with E-state index in [1.807, 2.05) is 6.08 Å². The van der Waals surface area contributed by atoms with Crippen molar-refractivity contribution in [2.45, 2.75) is 230 Å². The minimum absolute atomic E-state index is 0.185. The van der Waals surface area contributed by atoms with E-state index in [1.165, 1.54) is 122 Å². The average Bonchev–Trinajstić information content (AvgIpc) is 3.11. The normalized spacial score (nSPS) is 22.3. The molecule has 0 aromatic carbocycles. The molecule has 1 aliphatic rings. The zero-order valence-electron chi connectivity index (χ0n) is 32.2. The van der Waals surface area contributed by atoms with Crippen LogP contribution in [0.15, 0.2) is 12.2 Å². The van der Waals surface area contributed by atoms with Crippen LogP contribution >= 0.6 is 0 Å². The third kappa shape index (κ3) is 23.5. The second-order valence-electron chi connectivity index (χ2n) is 14.8. The fourth-order valence-electron chi connectivity index (χ4n) is 6.68. The summed E-state index contributed by atoms with van der Waals surface area (Å²) in [6.45, 7) is 3.70. The monoisotopic (exact) mass is 714 g/mol. The summed E-state index contributed by atoms with van der Waals surface area (Å²) in [7, 11) is 0. The molecule has 1 heterocycles. The van der Waals surface area contributed by atoms with Gasteiger partial charge in [0.15, 0.2) is 6.29 Å². The fourth-order valence-corrected chi connectivity index (χ4v) is 6.68. The Kier molecular flexibility index (Phi) is 30.6. The topological polar surface area (TPSA) is 149 Å². The van der Waals surface area contributed by atoms with Gasteiger partial charge in [0, 0.05) is 6.42 Å². The molecule has 0 aromatic heterocycles. The molecular formula is C41H79NO8. The number of amides is 1. The third-order valence-corrected chi connectivity index (χ3v) is 10.1. The molecule has 0 radical (unpaired) electrons. The van der Waals surface area contributed by atoms with Gasteiger partial charge >= 0.3 is 0 Å². The molecule has 296 valence electrons. The van der Waals surface area contributed by atoms with E-state index < -0.39 is 49.5 Å². The lowest BCUT2D eigenvalue weighted by Gasteiger charge is -2.40. The first kappa shape index (κ1) is 47.0. The van der Waals surface area contributed by atoms with E-state index in [0.717, 1.165) is 44.9 Å². The highest BCUT2D eigenvalue weighted by atomic mass is 16.7. The van der Waals surface area contributed by atoms with E-state index in [2.05, 4.69) is 19.2 Å². The molecule has 0 spiro atoms. The van der Waals surface area contributed by atoms with Crippen molar-refractivity contribution >= 4 is 5.91 Å². The average molecular weight is 714 g/mol. The SMILES string of the molecule is CCCCCCCCCCCCCCCCCCCCC/C=C/C(O)C(COC1OC(CO)C(O)C(O)C1O)NC(=O)CCCCCCCC. The molecule has 9 heteroatoms. The minimum atomic E-state index is -1.56. The van der Waals surface area contributed by atoms with Crippen LogP contribution in [-0.2, 0) is 14.3 Å². The second-order valence-corrected chi connectivity index (χ2v) is 14.8. The number of carbonyl (C=O) groups is 1. The van der Waals surface area contributed by atoms with Gasteiger partial charge in [0.2, 0.25) is 5.91 Å². The molecule has 7 atom stereocenters. The van der Waals surface area contributed by atoms with Crippen molar-refractivity contribution in [1.29, 1.82) is 0 Å². The first-order valence-electron chi connectivity index (χ1n) is 20.9. The van der Waals surface area contributed by atoms with E-state index in [0.29, 0.717) is 6.42 Å². The highest BCUT2D eigenvalue weighted by molar-refractivity contribution is 5.76. The highest BCUT2D eigenvalue weighted by Crippen LogP contribution is 2.22. The molecule has 0 aliphatic carbocycles. The van der Waals surface area contributed by atoms with Crippen LogP contribution in [0.5, 0.6) is 0 Å². The van der Waals surface area contributed by atoms with Crippen LogP contribution in [0.1, 0.15) is 187 Å². The molecule has 1 rings (SSSR count). The van der Waals surface area contributed by atoms with Gasteiger partial charge < -0.3 is 40.3 Å². The molecule has 1 fully saturated rings. The van der Waals surface area contributed by atoms with Gasteiger partial charge in [-0.25, -0.2) is 0 Å². The van der Waals surface area contributed by atoms with Crippen molar-refractivity contribution in [1.82, 2.24) is 5.32 Å². The Bertz CT molecular complexity index is 797. The molecule has 1 aliphatic heterocycles. The molecule has 9 nitrogen and oxygen atoms in total. The van der Waals surface area contributed by atoms with Crippen LogP contribution in [0.3, 0.4) is 0 Å². The van der Waals surface area contributed by atoms with Crippen LogP contribution < -0.4 is 5.32 Å². The number of hydrogen-bond donors (Lipinski definition) is 6. The summed E-state index contributed by atoms with van der Waals surface area (Å²) in [5, 5.41) is 53.8. The van der Waals surface area contributed by atoms with E-state index in [-0.39, 0.29) is 12.5 Å². The Balaban J connectivity index is 2.28. The van der Waals surface area contributed by atoms with Gasteiger partial charge in [-0.2, -0.15) is 0 Å². The van der Waals surface area contributed by atoms with E-state index in [9.17, 15) is 30.3 Å². The predicted octanol–water partition coefficient (Wildman–Crippen LogP) is 7.78. The first-order valence-corrected chi connectivity index (χ1v) is 20.9. The smallest absolute Gasteiger partial charge is 0.220 e. The highest BCUT2D eigenvalue weighted by Gasteiger charge is 2.44. The predicted molar refractivity (Wildman–Crippen MR) is 203 cm³/mol. The number of aliphatic hydroxyl groups excluding tert-OH is 5. The Morgan fingerprint density at radius 2 is 1.10 bits per heavy atom. The molecule has 6 N–H and O–H groups in total. The number of allylic oxidation sites excluding steroid dienone is 1. The Hall–Kier alpha value is -1.07. The maximum absolute atomic E-state index is 12.7. The number of ether oxygens (including phenoxy) is 2. The summed E-state index contributed by atoms with van der Waals surface area (Å²) in [4.78, 5) is 12.7. The fraction of sp³-hybridized carbons (Fsp3) is 0.927. The van der Waals surface area contributed by atoms with Crippen molar-refractivity contribution in [3.63, 3.8) is 0 Å². The Morgan fingerprint density at radius 1 is 0.660 bits per heavy atom. The van der Waals surface area contributed by atoms with Crippen molar-refractivity contribution in [2.75, 3.05) is 13.2 Å². The van der Waals surface area contributed by atoms with Crippen molar-refractivity contribution in [3.05, 3.63) is 12.2 Å². The van der Waals surface area contributed by atoms with Crippen LogP contribution in [0.25, 0.3) is 0 Å². The van der Waals surface area contributed by atoms with Crippen LogP contribution in [-0.4, -0.2) is 87.5 Å². The molecule has 50 heavy (non-hydrogen) atoms. The van der Waals surface area contributed by atoms with Crippen LogP contribution in [0.2, 0.25) is 0 Å². The number of unbranched alkanes of at least 4 members (excludes halogenated alkanes) is 24. The molecule has 1 amide bonds. The molecule has 7 unspecified atom stereocenters. The summed E-state index contributed by atoms with van der Waals surface area (Å²) < 4.78 is 11.1. The van der Waals surface area contributed by atoms with E-state index in [4.69, 9.17) is 9.47 Å². The number of carbonyl (C=O) groups excluding carboxylic acids is 1.